The third-order valence-electron chi connectivity index (χ3n) is 4.74. The van der Waals surface area contributed by atoms with Crippen LogP contribution in [0.1, 0.15) is 21.7 Å². The number of rotatable bonds is 6. The van der Waals surface area contributed by atoms with Crippen LogP contribution in [0.4, 0.5) is 0 Å². The molecule has 0 N–H and O–H groups in total. The molecule has 1 aliphatic heterocycles. The molecule has 1 saturated heterocycles. The van der Waals surface area contributed by atoms with Gasteiger partial charge in [0.25, 0.3) is 5.91 Å². The van der Waals surface area contributed by atoms with Crippen molar-refractivity contribution in [1.29, 1.82) is 0 Å². The molecular weight excluding hydrogens is 470 g/mol. The summed E-state index contributed by atoms with van der Waals surface area (Å²) in [5, 5.41) is 11.3. The maximum absolute atomic E-state index is 12.9. The summed E-state index contributed by atoms with van der Waals surface area (Å²) in [5.41, 5.74) is 1.33. The Bertz CT molecular complexity index is 1250. The van der Waals surface area contributed by atoms with Crippen LogP contribution in [0.15, 0.2) is 63.9 Å². The van der Waals surface area contributed by atoms with Gasteiger partial charge in [-0.2, -0.15) is 0 Å². The summed E-state index contributed by atoms with van der Waals surface area (Å²) >= 11 is 12.5. The first kappa shape index (κ1) is 22.1. The summed E-state index contributed by atoms with van der Waals surface area (Å²) in [6, 6.07) is 15.3. The molecule has 2 heterocycles. The average Bonchev–Trinajstić information content (AvgIpc) is 3.35. The van der Waals surface area contributed by atoms with Crippen LogP contribution in [-0.4, -0.2) is 28.2 Å². The van der Waals surface area contributed by atoms with Crippen molar-refractivity contribution in [3.05, 3.63) is 81.4 Å². The van der Waals surface area contributed by atoms with Gasteiger partial charge in [-0.05, 0) is 48.0 Å². The number of hydrogen-bond donors (Lipinski definition) is 0. The van der Waals surface area contributed by atoms with Crippen molar-refractivity contribution in [3.8, 4) is 17.1 Å². The van der Waals surface area contributed by atoms with Crippen LogP contribution < -0.4 is 9.84 Å². The highest BCUT2D eigenvalue weighted by atomic mass is 35.5. The van der Waals surface area contributed by atoms with E-state index in [2.05, 4.69) is 0 Å². The molecule has 4 rings (SSSR count). The van der Waals surface area contributed by atoms with Crippen LogP contribution >= 0.6 is 35.6 Å². The number of benzene rings is 2. The van der Waals surface area contributed by atoms with E-state index in [-0.39, 0.29) is 16.5 Å². The first-order chi connectivity index (χ1) is 15.4. The van der Waals surface area contributed by atoms with Gasteiger partial charge in [0.05, 0.1) is 24.5 Å². The summed E-state index contributed by atoms with van der Waals surface area (Å²) in [6.07, 6.45) is 1.62. The molecule has 3 aromatic rings. The lowest BCUT2D eigenvalue weighted by molar-refractivity contribution is -0.255. The Morgan fingerprint density at radius 3 is 2.66 bits per heavy atom. The van der Waals surface area contributed by atoms with Gasteiger partial charge < -0.3 is 19.1 Å². The quantitative estimate of drug-likeness (QED) is 0.379. The van der Waals surface area contributed by atoms with Crippen molar-refractivity contribution < 1.29 is 23.8 Å². The Balaban J connectivity index is 1.53. The van der Waals surface area contributed by atoms with E-state index in [9.17, 15) is 14.7 Å². The summed E-state index contributed by atoms with van der Waals surface area (Å²) in [7, 11) is 1.59. The number of carbonyl (C=O) groups is 2. The van der Waals surface area contributed by atoms with Gasteiger partial charge in [-0.15, -0.1) is 0 Å². The van der Waals surface area contributed by atoms with E-state index in [1.54, 1.807) is 31.4 Å². The Kier molecular flexibility index (Phi) is 6.36. The number of halogens is 1. The SMILES string of the molecule is COc1ccc(CN2C(=O)/C(=C/c3ccc(-c4ccc(Cl)c(C(=O)[O-])c4)o3)SC2=S)cc1. The van der Waals surface area contributed by atoms with Crippen LogP contribution in [0.25, 0.3) is 17.4 Å². The molecule has 0 radical (unpaired) electrons. The van der Waals surface area contributed by atoms with Crippen LogP contribution in [0.5, 0.6) is 5.75 Å². The average molecular weight is 485 g/mol. The van der Waals surface area contributed by atoms with Crippen molar-refractivity contribution in [3.63, 3.8) is 0 Å². The standard InChI is InChI=1S/C23H16ClNO5S2/c1-29-15-5-2-13(3-6-15)12-25-21(26)20(32-23(25)31)11-16-7-9-19(30-16)14-4-8-18(24)17(10-14)22(27)28/h2-11H,12H2,1H3,(H,27,28)/p-1/b20-11-. The fourth-order valence-electron chi connectivity index (χ4n) is 3.10. The smallest absolute Gasteiger partial charge is 0.266 e. The number of carboxylic acid groups (broad SMARTS) is 1. The van der Waals surface area contributed by atoms with Gasteiger partial charge in [0.2, 0.25) is 0 Å². The highest BCUT2D eigenvalue weighted by molar-refractivity contribution is 8.26. The van der Waals surface area contributed by atoms with E-state index in [4.69, 9.17) is 33.0 Å². The van der Waals surface area contributed by atoms with Gasteiger partial charge >= 0.3 is 0 Å². The monoisotopic (exact) mass is 484 g/mol. The van der Waals surface area contributed by atoms with Crippen molar-refractivity contribution in [2.24, 2.45) is 0 Å². The molecule has 0 bridgehead atoms. The summed E-state index contributed by atoms with van der Waals surface area (Å²) < 4.78 is 11.4. The topological polar surface area (TPSA) is 82.8 Å². The summed E-state index contributed by atoms with van der Waals surface area (Å²) in [4.78, 5) is 26.1. The molecule has 0 saturated carbocycles. The Labute approximate surface area is 198 Å². The summed E-state index contributed by atoms with van der Waals surface area (Å²) in [5.74, 6) is 0.0303. The van der Waals surface area contributed by atoms with Gasteiger partial charge in [-0.3, -0.25) is 9.69 Å². The number of hydrogen-bond acceptors (Lipinski definition) is 7. The van der Waals surface area contributed by atoms with Gasteiger partial charge in [-0.25, -0.2) is 0 Å². The zero-order valence-corrected chi connectivity index (χ0v) is 19.1. The molecule has 1 fully saturated rings. The van der Waals surface area contributed by atoms with Crippen LogP contribution in [0.2, 0.25) is 5.02 Å². The minimum Gasteiger partial charge on any atom is -0.545 e. The second-order valence-corrected chi connectivity index (χ2v) is 8.88. The fourth-order valence-corrected chi connectivity index (χ4v) is 4.53. The Morgan fingerprint density at radius 1 is 1.22 bits per heavy atom. The van der Waals surface area contributed by atoms with E-state index < -0.39 is 5.97 Å². The van der Waals surface area contributed by atoms with E-state index >= 15 is 0 Å². The number of amides is 1. The molecule has 1 aliphatic rings. The number of carbonyl (C=O) groups excluding carboxylic acids is 2. The number of thioether (sulfide) groups is 1. The van der Waals surface area contributed by atoms with Crippen LogP contribution in [0.3, 0.4) is 0 Å². The van der Waals surface area contributed by atoms with Crippen molar-refractivity contribution in [2.75, 3.05) is 7.11 Å². The molecule has 0 unspecified atom stereocenters. The largest absolute Gasteiger partial charge is 0.545 e. The molecular formula is C23H15ClNO5S2-. The predicted molar refractivity (Wildman–Crippen MR) is 125 cm³/mol. The van der Waals surface area contributed by atoms with E-state index in [0.29, 0.717) is 32.9 Å². The Hall–Kier alpha value is -3.07. The third kappa shape index (κ3) is 4.57. The maximum Gasteiger partial charge on any atom is 0.266 e. The molecule has 2 aromatic carbocycles. The number of carboxylic acids is 1. The van der Waals surface area contributed by atoms with Crippen molar-refractivity contribution in [1.82, 2.24) is 4.90 Å². The lowest BCUT2D eigenvalue weighted by Gasteiger charge is -2.14. The van der Waals surface area contributed by atoms with Crippen molar-refractivity contribution in [2.45, 2.75) is 6.54 Å². The molecule has 9 heteroatoms. The molecule has 0 atom stereocenters. The minimum atomic E-state index is -1.37. The zero-order chi connectivity index (χ0) is 22.8. The van der Waals surface area contributed by atoms with Crippen LogP contribution in [0, 0.1) is 0 Å². The second kappa shape index (κ2) is 9.20. The molecule has 6 nitrogen and oxygen atoms in total. The fraction of sp³-hybridized carbons (Fsp3) is 0.0870. The maximum atomic E-state index is 12.9. The highest BCUT2D eigenvalue weighted by Gasteiger charge is 2.32. The molecule has 1 amide bonds. The second-order valence-electron chi connectivity index (χ2n) is 6.80. The number of furan rings is 1. The first-order valence-electron chi connectivity index (χ1n) is 9.35. The number of nitrogens with zero attached hydrogens (tertiary/aromatic N) is 1. The molecule has 162 valence electrons. The van der Waals surface area contributed by atoms with E-state index in [1.165, 1.54) is 28.8 Å². The van der Waals surface area contributed by atoms with Gasteiger partial charge in [0, 0.05) is 22.2 Å². The van der Waals surface area contributed by atoms with Gasteiger partial charge in [0.1, 0.15) is 21.6 Å². The van der Waals surface area contributed by atoms with Gasteiger partial charge in [0.15, 0.2) is 0 Å². The van der Waals surface area contributed by atoms with E-state index in [1.807, 2.05) is 24.3 Å². The zero-order valence-electron chi connectivity index (χ0n) is 16.7. The van der Waals surface area contributed by atoms with Crippen molar-refractivity contribution >= 4 is 57.9 Å². The lowest BCUT2D eigenvalue weighted by atomic mass is 10.1. The molecule has 32 heavy (non-hydrogen) atoms. The predicted octanol–water partition coefficient (Wildman–Crippen LogP) is 4.37. The lowest BCUT2D eigenvalue weighted by Crippen LogP contribution is -2.27. The molecule has 0 spiro atoms. The molecule has 1 aromatic heterocycles. The first-order valence-corrected chi connectivity index (χ1v) is 11.0. The van der Waals surface area contributed by atoms with Crippen LogP contribution in [-0.2, 0) is 11.3 Å². The Morgan fingerprint density at radius 2 is 1.97 bits per heavy atom. The van der Waals surface area contributed by atoms with E-state index in [0.717, 1.165) is 11.3 Å². The molecule has 0 aliphatic carbocycles. The third-order valence-corrected chi connectivity index (χ3v) is 6.45. The number of thiocarbonyl (C=S) groups is 1. The number of aromatic carboxylic acids is 1. The minimum absolute atomic E-state index is 0.0843. The summed E-state index contributed by atoms with van der Waals surface area (Å²) in [6.45, 7) is 0.353. The number of ether oxygens (including phenoxy) is 1. The van der Waals surface area contributed by atoms with Gasteiger partial charge in [-0.1, -0.05) is 47.7 Å². The number of methoxy groups -OCH3 is 1. The highest BCUT2D eigenvalue weighted by Crippen LogP contribution is 2.35. The normalized spacial score (nSPS) is 14.9.